The Balaban J connectivity index is 1.06. The normalized spacial score (nSPS) is 11.6. The summed E-state index contributed by atoms with van der Waals surface area (Å²) in [5.74, 6) is 1.84. The predicted octanol–water partition coefficient (Wildman–Crippen LogP) is 12.5. The lowest BCUT2D eigenvalue weighted by Crippen LogP contribution is -2.00. The summed E-state index contributed by atoms with van der Waals surface area (Å²) in [6, 6.07) is 57.0. The Morgan fingerprint density at radius 1 is 0.320 bits per heavy atom. The zero-order valence-corrected chi connectivity index (χ0v) is 27.6. The van der Waals surface area contributed by atoms with Crippen molar-refractivity contribution in [3.8, 4) is 56.4 Å². The van der Waals surface area contributed by atoms with E-state index >= 15 is 0 Å². The maximum absolute atomic E-state index is 6.21. The van der Waals surface area contributed by atoms with Crippen molar-refractivity contribution in [2.45, 2.75) is 0 Å². The Bertz CT molecular complexity index is 2890. The molecule has 0 aliphatic carbocycles. The van der Waals surface area contributed by atoms with E-state index in [1.165, 1.54) is 31.3 Å². The van der Waals surface area contributed by atoms with Crippen LogP contribution in [0.3, 0.4) is 0 Å². The standard InChI is InChI=1S/C45H27N3OS/c1-2-10-28(11-3-1)43-46-44(48-45(47-43)34-21-22-36-35-16-4-6-18-39(35)49-40(36)26-34)33-15-9-14-31(25-33)29-12-8-13-30(24-29)32-20-23-38-37-17-5-7-19-41(37)50-42(38)27-32/h1-27H. The van der Waals surface area contributed by atoms with E-state index in [4.69, 9.17) is 19.4 Å². The third kappa shape index (κ3) is 4.95. The summed E-state index contributed by atoms with van der Waals surface area (Å²) in [6.45, 7) is 0. The molecule has 3 heterocycles. The van der Waals surface area contributed by atoms with Gasteiger partial charge in [0, 0.05) is 47.6 Å². The molecule has 4 nitrogen and oxygen atoms in total. The lowest BCUT2D eigenvalue weighted by molar-refractivity contribution is 0.669. The largest absolute Gasteiger partial charge is 0.456 e. The molecule has 0 N–H and O–H groups in total. The van der Waals surface area contributed by atoms with Crippen molar-refractivity contribution in [2.75, 3.05) is 0 Å². The van der Waals surface area contributed by atoms with Gasteiger partial charge in [-0.25, -0.2) is 15.0 Å². The van der Waals surface area contributed by atoms with Crippen LogP contribution in [0.4, 0.5) is 0 Å². The van der Waals surface area contributed by atoms with E-state index in [0.29, 0.717) is 17.5 Å². The molecule has 50 heavy (non-hydrogen) atoms. The van der Waals surface area contributed by atoms with Crippen LogP contribution in [0, 0.1) is 0 Å². The van der Waals surface area contributed by atoms with Crippen LogP contribution in [0.15, 0.2) is 168 Å². The second kappa shape index (κ2) is 11.6. The zero-order chi connectivity index (χ0) is 33.0. The topological polar surface area (TPSA) is 51.8 Å². The molecule has 10 rings (SSSR count). The number of furan rings is 1. The molecule has 0 aliphatic heterocycles. The number of para-hydroxylation sites is 1. The van der Waals surface area contributed by atoms with Gasteiger partial charge in [0.05, 0.1) is 0 Å². The van der Waals surface area contributed by atoms with Crippen LogP contribution in [0.2, 0.25) is 0 Å². The summed E-state index contributed by atoms with van der Waals surface area (Å²) in [7, 11) is 0. The molecular weight excluding hydrogens is 631 g/mol. The van der Waals surface area contributed by atoms with Crippen LogP contribution in [0.25, 0.3) is 98.5 Å². The number of hydrogen-bond acceptors (Lipinski definition) is 5. The van der Waals surface area contributed by atoms with Crippen LogP contribution in [0.1, 0.15) is 0 Å². The summed E-state index contributed by atoms with van der Waals surface area (Å²) in [5, 5.41) is 4.79. The van der Waals surface area contributed by atoms with Gasteiger partial charge in [-0.15, -0.1) is 11.3 Å². The highest BCUT2D eigenvalue weighted by Crippen LogP contribution is 2.38. The van der Waals surface area contributed by atoms with Gasteiger partial charge < -0.3 is 4.42 Å². The van der Waals surface area contributed by atoms with Gasteiger partial charge in [0.25, 0.3) is 0 Å². The van der Waals surface area contributed by atoms with Gasteiger partial charge in [-0.05, 0) is 64.7 Å². The van der Waals surface area contributed by atoms with Crippen molar-refractivity contribution < 1.29 is 4.42 Å². The van der Waals surface area contributed by atoms with Gasteiger partial charge >= 0.3 is 0 Å². The first-order chi connectivity index (χ1) is 24.7. The lowest BCUT2D eigenvalue weighted by atomic mass is 9.97. The van der Waals surface area contributed by atoms with E-state index < -0.39 is 0 Å². The molecule has 0 radical (unpaired) electrons. The van der Waals surface area contributed by atoms with E-state index in [1.807, 2.05) is 65.9 Å². The Kier molecular flexibility index (Phi) is 6.64. The Morgan fingerprint density at radius 3 is 1.60 bits per heavy atom. The molecule has 234 valence electrons. The first kappa shape index (κ1) is 28.6. The second-order valence-corrected chi connectivity index (χ2v) is 13.5. The molecule has 0 aliphatic rings. The Morgan fingerprint density at radius 2 is 0.820 bits per heavy atom. The van der Waals surface area contributed by atoms with Crippen LogP contribution >= 0.6 is 11.3 Å². The fourth-order valence-corrected chi connectivity index (χ4v) is 7.98. The van der Waals surface area contributed by atoms with E-state index in [-0.39, 0.29) is 0 Å². The van der Waals surface area contributed by atoms with Crippen LogP contribution in [-0.4, -0.2) is 15.0 Å². The number of thiophene rings is 1. The molecule has 10 aromatic rings. The Hall–Kier alpha value is -6.43. The van der Waals surface area contributed by atoms with E-state index in [2.05, 4.69) is 109 Å². The van der Waals surface area contributed by atoms with Crippen LogP contribution in [0.5, 0.6) is 0 Å². The average molecular weight is 658 g/mol. The smallest absolute Gasteiger partial charge is 0.164 e. The number of benzene rings is 7. The van der Waals surface area contributed by atoms with Crippen molar-refractivity contribution in [2.24, 2.45) is 0 Å². The van der Waals surface area contributed by atoms with Crippen molar-refractivity contribution >= 4 is 53.4 Å². The van der Waals surface area contributed by atoms with Crippen LogP contribution in [-0.2, 0) is 0 Å². The molecule has 0 fully saturated rings. The fourth-order valence-electron chi connectivity index (χ4n) is 6.84. The summed E-state index contributed by atoms with van der Waals surface area (Å²) >= 11 is 1.85. The quantitative estimate of drug-likeness (QED) is 0.185. The van der Waals surface area contributed by atoms with E-state index in [9.17, 15) is 0 Å². The molecule has 5 heteroatoms. The average Bonchev–Trinajstić information content (AvgIpc) is 3.76. The number of aromatic nitrogens is 3. The van der Waals surface area contributed by atoms with E-state index in [0.717, 1.165) is 49.8 Å². The monoisotopic (exact) mass is 657 g/mol. The molecule has 3 aromatic heterocycles. The molecule has 0 saturated carbocycles. The molecule has 0 unspecified atom stereocenters. The number of hydrogen-bond donors (Lipinski definition) is 0. The maximum Gasteiger partial charge on any atom is 0.164 e. The molecule has 0 amide bonds. The van der Waals surface area contributed by atoms with Gasteiger partial charge in [0.1, 0.15) is 11.2 Å². The molecular formula is C45H27N3OS. The van der Waals surface area contributed by atoms with Crippen molar-refractivity contribution in [3.05, 3.63) is 164 Å². The lowest BCUT2D eigenvalue weighted by Gasteiger charge is -2.10. The van der Waals surface area contributed by atoms with Crippen molar-refractivity contribution in [3.63, 3.8) is 0 Å². The first-order valence-electron chi connectivity index (χ1n) is 16.6. The molecule has 0 atom stereocenters. The fraction of sp³-hybridized carbons (Fsp3) is 0. The van der Waals surface area contributed by atoms with E-state index in [1.54, 1.807) is 0 Å². The highest BCUT2D eigenvalue weighted by molar-refractivity contribution is 7.25. The maximum atomic E-state index is 6.21. The van der Waals surface area contributed by atoms with Crippen molar-refractivity contribution in [1.29, 1.82) is 0 Å². The van der Waals surface area contributed by atoms with Gasteiger partial charge in [0.15, 0.2) is 17.5 Å². The van der Waals surface area contributed by atoms with Crippen molar-refractivity contribution in [1.82, 2.24) is 15.0 Å². The van der Waals surface area contributed by atoms with Gasteiger partial charge in [-0.2, -0.15) is 0 Å². The summed E-state index contributed by atoms with van der Waals surface area (Å²) < 4.78 is 8.83. The molecule has 0 bridgehead atoms. The second-order valence-electron chi connectivity index (χ2n) is 12.5. The number of fused-ring (bicyclic) bond motifs is 6. The van der Waals surface area contributed by atoms with Gasteiger partial charge in [-0.3, -0.25) is 0 Å². The molecule has 0 spiro atoms. The minimum Gasteiger partial charge on any atom is -0.456 e. The summed E-state index contributed by atoms with van der Waals surface area (Å²) in [5.41, 5.74) is 9.01. The number of nitrogens with zero attached hydrogens (tertiary/aromatic N) is 3. The number of rotatable bonds is 5. The highest BCUT2D eigenvalue weighted by Gasteiger charge is 2.15. The predicted molar refractivity (Wildman–Crippen MR) is 207 cm³/mol. The van der Waals surface area contributed by atoms with Crippen LogP contribution < -0.4 is 0 Å². The van der Waals surface area contributed by atoms with Gasteiger partial charge in [0.2, 0.25) is 0 Å². The molecule has 7 aromatic carbocycles. The Labute approximate surface area is 292 Å². The van der Waals surface area contributed by atoms with Gasteiger partial charge in [-0.1, -0.05) is 121 Å². The molecule has 0 saturated heterocycles. The summed E-state index contributed by atoms with van der Waals surface area (Å²) in [6.07, 6.45) is 0. The highest BCUT2D eigenvalue weighted by atomic mass is 32.1. The minimum atomic E-state index is 0.597. The first-order valence-corrected chi connectivity index (χ1v) is 17.4. The third-order valence-electron chi connectivity index (χ3n) is 9.33. The summed E-state index contributed by atoms with van der Waals surface area (Å²) in [4.78, 5) is 15.0. The SMILES string of the molecule is c1ccc(-c2nc(-c3cccc(-c4cccc(-c5ccc6c(c5)sc5ccccc56)c4)c3)nc(-c3ccc4c(c3)oc3ccccc34)n2)cc1. The zero-order valence-electron chi connectivity index (χ0n) is 26.7. The third-order valence-corrected chi connectivity index (χ3v) is 10.5. The minimum absolute atomic E-state index is 0.597.